The predicted molar refractivity (Wildman–Crippen MR) is 83.6 cm³/mol. The quantitative estimate of drug-likeness (QED) is 0.659. The minimum Gasteiger partial charge on any atom is -0.360 e. The Labute approximate surface area is 125 Å². The number of benzene rings is 1. The fourth-order valence-electron chi connectivity index (χ4n) is 2.52. The first kappa shape index (κ1) is 15.1. The molecule has 1 amide bonds. The molecule has 0 bridgehead atoms. The van der Waals surface area contributed by atoms with Crippen LogP contribution in [0.15, 0.2) is 30.0 Å². The fourth-order valence-corrected chi connectivity index (χ4v) is 2.52. The van der Waals surface area contributed by atoms with Gasteiger partial charge < -0.3 is 10.6 Å². The van der Waals surface area contributed by atoms with Gasteiger partial charge in [-0.2, -0.15) is 5.26 Å². The second-order valence-electron chi connectivity index (χ2n) is 5.59. The number of rotatable bonds is 4. The van der Waals surface area contributed by atoms with E-state index in [1.54, 1.807) is 0 Å². The SMILES string of the molecule is Cc1ccc(C)c(N/C=C(/C#N)C(=O)NC2CCCC2)c1. The molecule has 0 heterocycles. The maximum absolute atomic E-state index is 12.1. The average molecular weight is 283 g/mol. The van der Waals surface area contributed by atoms with E-state index in [4.69, 9.17) is 5.26 Å². The summed E-state index contributed by atoms with van der Waals surface area (Å²) in [5.74, 6) is -0.290. The molecular weight excluding hydrogens is 262 g/mol. The van der Waals surface area contributed by atoms with E-state index in [2.05, 4.69) is 10.6 Å². The van der Waals surface area contributed by atoms with Crippen molar-refractivity contribution in [2.75, 3.05) is 5.32 Å². The van der Waals surface area contributed by atoms with Gasteiger partial charge in [-0.05, 0) is 43.9 Å². The van der Waals surface area contributed by atoms with Gasteiger partial charge in [0.25, 0.3) is 5.91 Å². The summed E-state index contributed by atoms with van der Waals surface area (Å²) in [6.45, 7) is 3.99. The number of nitrogens with one attached hydrogen (secondary N) is 2. The summed E-state index contributed by atoms with van der Waals surface area (Å²) in [6, 6.07) is 8.22. The van der Waals surface area contributed by atoms with Crippen molar-refractivity contribution in [3.63, 3.8) is 0 Å². The van der Waals surface area contributed by atoms with E-state index in [0.717, 1.165) is 42.5 Å². The molecule has 0 atom stereocenters. The molecule has 1 aliphatic rings. The molecule has 110 valence electrons. The molecule has 2 N–H and O–H groups in total. The van der Waals surface area contributed by atoms with Crippen LogP contribution in [0.2, 0.25) is 0 Å². The third kappa shape index (κ3) is 4.09. The molecule has 1 aromatic rings. The number of amides is 1. The Morgan fingerprint density at radius 1 is 1.33 bits per heavy atom. The predicted octanol–water partition coefficient (Wildman–Crippen LogP) is 3.18. The molecule has 1 aromatic carbocycles. The van der Waals surface area contributed by atoms with Crippen LogP contribution in [-0.4, -0.2) is 11.9 Å². The summed E-state index contributed by atoms with van der Waals surface area (Å²) in [6.07, 6.45) is 5.81. The van der Waals surface area contributed by atoms with Gasteiger partial charge in [-0.25, -0.2) is 0 Å². The summed E-state index contributed by atoms with van der Waals surface area (Å²) in [5, 5.41) is 15.1. The summed E-state index contributed by atoms with van der Waals surface area (Å²) < 4.78 is 0. The lowest BCUT2D eigenvalue weighted by Crippen LogP contribution is -2.33. The monoisotopic (exact) mass is 283 g/mol. The lowest BCUT2D eigenvalue weighted by Gasteiger charge is -2.11. The highest BCUT2D eigenvalue weighted by Gasteiger charge is 2.19. The van der Waals surface area contributed by atoms with Crippen LogP contribution in [0, 0.1) is 25.2 Å². The molecule has 1 fully saturated rings. The van der Waals surface area contributed by atoms with Gasteiger partial charge in [-0.1, -0.05) is 25.0 Å². The second-order valence-corrected chi connectivity index (χ2v) is 5.59. The van der Waals surface area contributed by atoms with E-state index in [1.807, 2.05) is 38.1 Å². The number of hydrogen-bond donors (Lipinski definition) is 2. The first-order valence-corrected chi connectivity index (χ1v) is 7.35. The van der Waals surface area contributed by atoms with Crippen molar-refractivity contribution >= 4 is 11.6 Å². The van der Waals surface area contributed by atoms with Crippen LogP contribution >= 0.6 is 0 Å². The van der Waals surface area contributed by atoms with Gasteiger partial charge in [-0.15, -0.1) is 0 Å². The Morgan fingerprint density at radius 3 is 2.71 bits per heavy atom. The second kappa shape index (κ2) is 6.94. The van der Waals surface area contributed by atoms with Crippen LogP contribution in [0.25, 0.3) is 0 Å². The summed E-state index contributed by atoms with van der Waals surface area (Å²) in [7, 11) is 0. The van der Waals surface area contributed by atoms with Gasteiger partial charge in [0.1, 0.15) is 11.6 Å². The highest BCUT2D eigenvalue weighted by Crippen LogP contribution is 2.19. The highest BCUT2D eigenvalue weighted by molar-refractivity contribution is 5.97. The van der Waals surface area contributed by atoms with Crippen molar-refractivity contribution in [3.05, 3.63) is 41.1 Å². The summed E-state index contributed by atoms with van der Waals surface area (Å²) in [5.41, 5.74) is 3.23. The Balaban J connectivity index is 2.04. The van der Waals surface area contributed by atoms with Gasteiger partial charge in [0, 0.05) is 17.9 Å². The Kier molecular flexibility index (Phi) is 4.99. The van der Waals surface area contributed by atoms with Gasteiger partial charge in [0.2, 0.25) is 0 Å². The molecule has 1 aliphatic carbocycles. The van der Waals surface area contributed by atoms with E-state index in [-0.39, 0.29) is 17.5 Å². The number of nitrogens with zero attached hydrogens (tertiary/aromatic N) is 1. The van der Waals surface area contributed by atoms with Crippen molar-refractivity contribution in [2.24, 2.45) is 0 Å². The number of carbonyl (C=O) groups excluding carboxylic acids is 1. The molecule has 21 heavy (non-hydrogen) atoms. The largest absolute Gasteiger partial charge is 0.360 e. The Bertz CT molecular complexity index is 593. The fraction of sp³-hybridized carbons (Fsp3) is 0.412. The highest BCUT2D eigenvalue weighted by atomic mass is 16.1. The summed E-state index contributed by atoms with van der Waals surface area (Å²) >= 11 is 0. The molecule has 0 saturated heterocycles. The molecule has 0 aromatic heterocycles. The molecule has 4 heteroatoms. The molecule has 2 rings (SSSR count). The molecule has 4 nitrogen and oxygen atoms in total. The number of anilines is 1. The van der Waals surface area contributed by atoms with Gasteiger partial charge in [0.15, 0.2) is 0 Å². The first-order chi connectivity index (χ1) is 10.1. The normalized spacial score (nSPS) is 15.6. The van der Waals surface area contributed by atoms with Crippen LogP contribution in [0.3, 0.4) is 0 Å². The zero-order chi connectivity index (χ0) is 15.2. The lowest BCUT2D eigenvalue weighted by molar-refractivity contribution is -0.117. The van der Waals surface area contributed by atoms with E-state index < -0.39 is 0 Å². The number of hydrogen-bond acceptors (Lipinski definition) is 3. The third-order valence-electron chi connectivity index (χ3n) is 3.82. The standard InChI is InChI=1S/C17H21N3O/c1-12-7-8-13(2)16(9-12)19-11-14(10-18)17(21)20-15-5-3-4-6-15/h7-9,11,15,19H,3-6H2,1-2H3,(H,20,21)/b14-11-. The first-order valence-electron chi connectivity index (χ1n) is 7.35. The number of aryl methyl sites for hydroxylation is 2. The Hall–Kier alpha value is -2.28. The zero-order valence-corrected chi connectivity index (χ0v) is 12.6. The minimum atomic E-state index is -0.290. The van der Waals surface area contributed by atoms with Crippen molar-refractivity contribution in [1.82, 2.24) is 5.32 Å². The molecule has 0 radical (unpaired) electrons. The van der Waals surface area contributed by atoms with Crippen LogP contribution in [0.5, 0.6) is 0 Å². The van der Waals surface area contributed by atoms with Crippen molar-refractivity contribution in [3.8, 4) is 6.07 Å². The number of nitriles is 1. The van der Waals surface area contributed by atoms with Crippen molar-refractivity contribution < 1.29 is 4.79 Å². The van der Waals surface area contributed by atoms with E-state index in [1.165, 1.54) is 6.20 Å². The van der Waals surface area contributed by atoms with Gasteiger partial charge in [0.05, 0.1) is 0 Å². The van der Waals surface area contributed by atoms with Crippen molar-refractivity contribution in [2.45, 2.75) is 45.6 Å². The lowest BCUT2D eigenvalue weighted by atomic mass is 10.1. The van der Waals surface area contributed by atoms with E-state index in [9.17, 15) is 4.79 Å². The van der Waals surface area contributed by atoms with Crippen LogP contribution in [0.1, 0.15) is 36.8 Å². The maximum atomic E-state index is 12.1. The minimum absolute atomic E-state index is 0.114. The van der Waals surface area contributed by atoms with Gasteiger partial charge in [-0.3, -0.25) is 4.79 Å². The molecule has 0 unspecified atom stereocenters. The van der Waals surface area contributed by atoms with Crippen molar-refractivity contribution in [1.29, 1.82) is 5.26 Å². The van der Waals surface area contributed by atoms with E-state index >= 15 is 0 Å². The van der Waals surface area contributed by atoms with Gasteiger partial charge >= 0.3 is 0 Å². The molecular formula is C17H21N3O. The molecule has 0 spiro atoms. The van der Waals surface area contributed by atoms with Crippen LogP contribution in [-0.2, 0) is 4.79 Å². The summed E-state index contributed by atoms with van der Waals surface area (Å²) in [4.78, 5) is 12.1. The average Bonchev–Trinajstić information content (AvgIpc) is 2.96. The topological polar surface area (TPSA) is 64.9 Å². The van der Waals surface area contributed by atoms with Crippen LogP contribution in [0.4, 0.5) is 5.69 Å². The maximum Gasteiger partial charge on any atom is 0.263 e. The molecule has 0 aliphatic heterocycles. The molecule has 1 saturated carbocycles. The number of carbonyl (C=O) groups is 1. The smallest absolute Gasteiger partial charge is 0.263 e. The third-order valence-corrected chi connectivity index (χ3v) is 3.82. The Morgan fingerprint density at radius 2 is 2.05 bits per heavy atom. The van der Waals surface area contributed by atoms with E-state index in [0.29, 0.717) is 0 Å². The van der Waals surface area contributed by atoms with Crippen LogP contribution < -0.4 is 10.6 Å². The zero-order valence-electron chi connectivity index (χ0n) is 12.6.